The number of carbonyl (C=O) groups excluding carboxylic acids is 1. The van der Waals surface area contributed by atoms with Crippen LogP contribution in [0, 0.1) is 0 Å². The number of fused-ring (bicyclic) bond motifs is 1. The topological polar surface area (TPSA) is 48.1 Å². The average molecular weight is 401 g/mol. The van der Waals surface area contributed by atoms with Crippen LogP contribution in [0.5, 0.6) is 0 Å². The molecule has 0 aliphatic carbocycles. The van der Waals surface area contributed by atoms with Crippen molar-refractivity contribution in [2.24, 2.45) is 0 Å². The summed E-state index contributed by atoms with van der Waals surface area (Å²) in [6, 6.07) is 9.94. The van der Waals surface area contributed by atoms with Crippen LogP contribution >= 0.6 is 0 Å². The number of nitrogens with zero attached hydrogens (tertiary/aromatic N) is 3. The molecule has 0 saturated carbocycles. The molecule has 3 heterocycles. The third kappa shape index (κ3) is 5.04. The molecule has 6 heteroatoms. The summed E-state index contributed by atoms with van der Waals surface area (Å²) in [7, 11) is 1.93. The molecule has 3 fully saturated rings. The molecule has 1 amide bonds. The van der Waals surface area contributed by atoms with Crippen molar-refractivity contribution in [3.63, 3.8) is 0 Å². The van der Waals surface area contributed by atoms with E-state index in [4.69, 9.17) is 4.74 Å². The van der Waals surface area contributed by atoms with Crippen molar-refractivity contribution >= 4 is 17.3 Å². The van der Waals surface area contributed by atoms with Crippen molar-refractivity contribution in [3.8, 4) is 0 Å². The second kappa shape index (κ2) is 9.81. The lowest BCUT2D eigenvalue weighted by Gasteiger charge is -2.36. The Morgan fingerprint density at radius 3 is 2.62 bits per heavy atom. The normalized spacial score (nSPS) is 24.7. The highest BCUT2D eigenvalue weighted by Gasteiger charge is 2.36. The number of amides is 1. The Hall–Kier alpha value is -1.79. The Bertz CT molecular complexity index is 657. The minimum atomic E-state index is 0.277. The van der Waals surface area contributed by atoms with Gasteiger partial charge in [-0.25, -0.2) is 0 Å². The zero-order valence-corrected chi connectivity index (χ0v) is 17.8. The monoisotopic (exact) mass is 400 g/mol. The molecule has 3 saturated heterocycles. The highest BCUT2D eigenvalue weighted by atomic mass is 16.5. The number of ether oxygens (including phenoxy) is 1. The number of carbonyl (C=O) groups is 1. The van der Waals surface area contributed by atoms with E-state index in [9.17, 15) is 4.79 Å². The zero-order chi connectivity index (χ0) is 20.1. The van der Waals surface area contributed by atoms with E-state index in [0.29, 0.717) is 19.1 Å². The SMILES string of the molecule is CNc1ccc(N2CCN(C(=O)CCCOCC3CCC4CCCN43)CC2)cc1. The highest BCUT2D eigenvalue weighted by Crippen LogP contribution is 2.32. The van der Waals surface area contributed by atoms with Crippen LogP contribution in [0.1, 0.15) is 38.5 Å². The number of piperazine rings is 1. The summed E-state index contributed by atoms with van der Waals surface area (Å²) in [5, 5.41) is 3.15. The van der Waals surface area contributed by atoms with Crippen LogP contribution in [0.3, 0.4) is 0 Å². The van der Waals surface area contributed by atoms with Gasteiger partial charge in [0.15, 0.2) is 0 Å². The predicted octanol–water partition coefficient (Wildman–Crippen LogP) is 2.80. The van der Waals surface area contributed by atoms with Crippen molar-refractivity contribution in [1.82, 2.24) is 9.80 Å². The van der Waals surface area contributed by atoms with E-state index in [1.165, 1.54) is 37.9 Å². The molecule has 3 aliphatic heterocycles. The van der Waals surface area contributed by atoms with Crippen LogP contribution in [-0.4, -0.2) is 80.8 Å². The van der Waals surface area contributed by atoms with Gasteiger partial charge < -0.3 is 19.9 Å². The minimum absolute atomic E-state index is 0.277. The molecule has 1 aromatic rings. The zero-order valence-electron chi connectivity index (χ0n) is 17.8. The van der Waals surface area contributed by atoms with E-state index in [2.05, 4.69) is 39.4 Å². The average Bonchev–Trinajstić information content (AvgIpc) is 3.38. The van der Waals surface area contributed by atoms with Crippen LogP contribution < -0.4 is 10.2 Å². The van der Waals surface area contributed by atoms with E-state index in [1.54, 1.807) is 0 Å². The van der Waals surface area contributed by atoms with Crippen LogP contribution in [0.4, 0.5) is 11.4 Å². The first-order chi connectivity index (χ1) is 14.2. The van der Waals surface area contributed by atoms with Gasteiger partial charge in [0.25, 0.3) is 0 Å². The van der Waals surface area contributed by atoms with E-state index >= 15 is 0 Å². The lowest BCUT2D eigenvalue weighted by molar-refractivity contribution is -0.131. The molecule has 6 nitrogen and oxygen atoms in total. The fraction of sp³-hybridized carbons (Fsp3) is 0.696. The van der Waals surface area contributed by atoms with E-state index in [1.807, 2.05) is 11.9 Å². The molecule has 1 aromatic carbocycles. The predicted molar refractivity (Wildman–Crippen MR) is 118 cm³/mol. The molecule has 3 aliphatic rings. The Morgan fingerprint density at radius 1 is 1.07 bits per heavy atom. The van der Waals surface area contributed by atoms with Gasteiger partial charge in [-0.1, -0.05) is 0 Å². The summed E-state index contributed by atoms with van der Waals surface area (Å²) in [5.74, 6) is 0.277. The van der Waals surface area contributed by atoms with E-state index in [-0.39, 0.29) is 5.91 Å². The molecule has 4 rings (SSSR count). The number of anilines is 2. The summed E-state index contributed by atoms with van der Waals surface area (Å²) in [4.78, 5) is 19.6. The first-order valence-electron chi connectivity index (χ1n) is 11.4. The summed E-state index contributed by atoms with van der Waals surface area (Å²) in [6.07, 6.45) is 6.79. The number of nitrogens with one attached hydrogen (secondary N) is 1. The summed E-state index contributed by atoms with van der Waals surface area (Å²) in [5.41, 5.74) is 2.36. The first kappa shape index (κ1) is 20.5. The second-order valence-corrected chi connectivity index (χ2v) is 8.61. The third-order valence-corrected chi connectivity index (χ3v) is 6.87. The van der Waals surface area contributed by atoms with Gasteiger partial charge in [0.05, 0.1) is 6.61 Å². The van der Waals surface area contributed by atoms with Crippen molar-refractivity contribution in [3.05, 3.63) is 24.3 Å². The Morgan fingerprint density at radius 2 is 1.86 bits per heavy atom. The summed E-state index contributed by atoms with van der Waals surface area (Å²) < 4.78 is 5.93. The largest absolute Gasteiger partial charge is 0.388 e. The quantitative estimate of drug-likeness (QED) is 0.680. The van der Waals surface area contributed by atoms with Crippen molar-refractivity contribution in [1.29, 1.82) is 0 Å². The molecule has 29 heavy (non-hydrogen) atoms. The Labute approximate surface area is 175 Å². The maximum absolute atomic E-state index is 12.5. The van der Waals surface area contributed by atoms with Gasteiger partial charge in [0.1, 0.15) is 0 Å². The molecule has 0 radical (unpaired) electrons. The first-order valence-corrected chi connectivity index (χ1v) is 11.4. The lowest BCUT2D eigenvalue weighted by atomic mass is 10.1. The standard InChI is InChI=1S/C23H36N4O2/c1-24-19-6-8-20(9-7-19)25-13-15-26(16-14-25)23(28)5-3-17-29-18-22-11-10-21-4-2-12-27(21)22/h6-9,21-22,24H,2-5,10-18H2,1H3. The van der Waals surface area contributed by atoms with E-state index < -0.39 is 0 Å². The molecule has 0 aromatic heterocycles. The molecular weight excluding hydrogens is 364 g/mol. The number of rotatable bonds is 8. The van der Waals surface area contributed by atoms with Gasteiger partial charge in [-0.05, 0) is 62.9 Å². The Kier molecular flexibility index (Phi) is 6.93. The lowest BCUT2D eigenvalue weighted by Crippen LogP contribution is -2.48. The summed E-state index contributed by atoms with van der Waals surface area (Å²) in [6.45, 7) is 6.23. The van der Waals surface area contributed by atoms with Gasteiger partial charge >= 0.3 is 0 Å². The van der Waals surface area contributed by atoms with Gasteiger partial charge in [-0.3, -0.25) is 9.69 Å². The molecule has 0 bridgehead atoms. The number of benzene rings is 1. The van der Waals surface area contributed by atoms with Crippen LogP contribution in [-0.2, 0) is 9.53 Å². The fourth-order valence-electron chi connectivity index (χ4n) is 5.13. The van der Waals surface area contributed by atoms with Gasteiger partial charge in [-0.15, -0.1) is 0 Å². The molecule has 2 unspecified atom stereocenters. The highest BCUT2D eigenvalue weighted by molar-refractivity contribution is 5.76. The van der Waals surface area contributed by atoms with Gasteiger partial charge in [0, 0.05) is 69.7 Å². The molecule has 2 atom stereocenters. The third-order valence-electron chi connectivity index (χ3n) is 6.87. The van der Waals surface area contributed by atoms with Crippen molar-refractivity contribution < 1.29 is 9.53 Å². The second-order valence-electron chi connectivity index (χ2n) is 8.61. The number of hydrogen-bond acceptors (Lipinski definition) is 5. The number of hydrogen-bond donors (Lipinski definition) is 1. The van der Waals surface area contributed by atoms with Crippen molar-refractivity contribution in [2.45, 2.75) is 50.6 Å². The van der Waals surface area contributed by atoms with Gasteiger partial charge in [0.2, 0.25) is 5.91 Å². The summed E-state index contributed by atoms with van der Waals surface area (Å²) >= 11 is 0. The molecule has 1 N–H and O–H groups in total. The van der Waals surface area contributed by atoms with Crippen molar-refractivity contribution in [2.75, 3.05) is 63.2 Å². The van der Waals surface area contributed by atoms with Gasteiger partial charge in [-0.2, -0.15) is 0 Å². The van der Waals surface area contributed by atoms with Crippen LogP contribution in [0.25, 0.3) is 0 Å². The fourth-order valence-corrected chi connectivity index (χ4v) is 5.13. The maximum atomic E-state index is 12.5. The minimum Gasteiger partial charge on any atom is -0.388 e. The molecule has 0 spiro atoms. The molecular formula is C23H36N4O2. The van der Waals surface area contributed by atoms with Crippen LogP contribution in [0.15, 0.2) is 24.3 Å². The Balaban J connectivity index is 1.10. The molecule has 160 valence electrons. The smallest absolute Gasteiger partial charge is 0.222 e. The van der Waals surface area contributed by atoms with E-state index in [0.717, 1.165) is 50.9 Å². The van der Waals surface area contributed by atoms with Crippen LogP contribution in [0.2, 0.25) is 0 Å². The maximum Gasteiger partial charge on any atom is 0.222 e.